The van der Waals surface area contributed by atoms with Crippen molar-refractivity contribution in [2.75, 3.05) is 11.3 Å². The molecular formula is C8H14N3O4P. The molecule has 0 radical (unpaired) electrons. The van der Waals surface area contributed by atoms with E-state index in [9.17, 15) is 10.2 Å². The molecule has 2 heterocycles. The first-order valence-electron chi connectivity index (χ1n) is 4.81. The van der Waals surface area contributed by atoms with Crippen LogP contribution in [0.5, 0.6) is 0 Å². The zero-order valence-corrected chi connectivity index (χ0v) is 9.55. The molecule has 1 aromatic rings. The Kier molecular flexibility index (Phi) is 3.41. The van der Waals surface area contributed by atoms with Gasteiger partial charge in [0, 0.05) is 12.4 Å². The number of aliphatic hydroxyl groups excluding tert-OH is 3. The van der Waals surface area contributed by atoms with Gasteiger partial charge in [-0.1, -0.05) is 0 Å². The summed E-state index contributed by atoms with van der Waals surface area (Å²) >= 11 is 0. The summed E-state index contributed by atoms with van der Waals surface area (Å²) in [6, 6.07) is 0. The number of nitrogens with zero attached hydrogens (tertiary/aromatic N) is 2. The first kappa shape index (κ1) is 11.8. The minimum absolute atomic E-state index is 0.342. The second-order valence-corrected chi connectivity index (χ2v) is 4.11. The molecule has 0 aromatic carbocycles. The van der Waals surface area contributed by atoms with E-state index in [0.717, 1.165) is 0 Å². The lowest BCUT2D eigenvalue weighted by atomic mass is 10.1. The molecule has 1 saturated heterocycles. The minimum Gasteiger partial charge on any atom is -0.394 e. The summed E-state index contributed by atoms with van der Waals surface area (Å²) in [4.78, 5) is 6.83. The summed E-state index contributed by atoms with van der Waals surface area (Å²) in [5, 5.41) is 28.3. The van der Waals surface area contributed by atoms with Crippen LogP contribution in [0.4, 0.5) is 5.95 Å². The van der Waals surface area contributed by atoms with Crippen LogP contribution >= 0.6 is 9.39 Å². The van der Waals surface area contributed by atoms with Crippen molar-refractivity contribution in [3.63, 3.8) is 0 Å². The number of H-pyrrole nitrogens is 1. The fourth-order valence-electron chi connectivity index (χ4n) is 1.63. The van der Waals surface area contributed by atoms with E-state index in [4.69, 9.17) is 9.84 Å². The van der Waals surface area contributed by atoms with E-state index < -0.39 is 24.5 Å². The van der Waals surface area contributed by atoms with Gasteiger partial charge in [-0.05, 0) is 9.39 Å². The van der Waals surface area contributed by atoms with Gasteiger partial charge in [0.05, 0.1) is 6.61 Å². The molecule has 0 amide bonds. The Morgan fingerprint density at radius 2 is 2.25 bits per heavy atom. The number of hydrogen-bond donors (Lipinski definition) is 4. The molecule has 0 aliphatic carbocycles. The fraction of sp³-hybridized carbons (Fsp3) is 0.625. The maximum absolute atomic E-state index is 9.75. The second kappa shape index (κ2) is 4.65. The number of rotatable bonds is 3. The molecule has 0 spiro atoms. The molecule has 4 N–H and O–H groups in total. The number of aromatic nitrogens is 2. The second-order valence-electron chi connectivity index (χ2n) is 3.55. The van der Waals surface area contributed by atoms with Gasteiger partial charge in [0.2, 0.25) is 5.95 Å². The molecule has 5 atom stereocenters. The lowest BCUT2D eigenvalue weighted by Crippen LogP contribution is -2.39. The van der Waals surface area contributed by atoms with Crippen molar-refractivity contribution in [2.24, 2.45) is 0 Å². The molecule has 0 saturated carbocycles. The van der Waals surface area contributed by atoms with E-state index in [0.29, 0.717) is 5.95 Å². The number of anilines is 1. The molecule has 1 aliphatic heterocycles. The fourth-order valence-corrected chi connectivity index (χ4v) is 2.02. The van der Waals surface area contributed by atoms with Crippen molar-refractivity contribution in [3.05, 3.63) is 12.4 Å². The molecule has 2 unspecified atom stereocenters. The quantitative estimate of drug-likeness (QED) is 0.482. The van der Waals surface area contributed by atoms with Crippen molar-refractivity contribution in [1.29, 1.82) is 0 Å². The predicted octanol–water partition coefficient (Wildman–Crippen LogP) is -1.55. The van der Waals surface area contributed by atoms with Crippen molar-refractivity contribution in [3.8, 4) is 0 Å². The van der Waals surface area contributed by atoms with Crippen molar-refractivity contribution in [1.82, 2.24) is 9.97 Å². The summed E-state index contributed by atoms with van der Waals surface area (Å²) < 4.78 is 6.81. The van der Waals surface area contributed by atoms with Gasteiger partial charge in [-0.25, -0.2) is 4.98 Å². The van der Waals surface area contributed by atoms with Gasteiger partial charge in [-0.15, -0.1) is 0 Å². The Labute approximate surface area is 94.3 Å². The monoisotopic (exact) mass is 247 g/mol. The molecule has 0 bridgehead atoms. The average Bonchev–Trinajstić information content (AvgIpc) is 2.89. The molecule has 1 fully saturated rings. The summed E-state index contributed by atoms with van der Waals surface area (Å²) in [5.74, 6) is 0.486. The zero-order chi connectivity index (χ0) is 11.7. The summed E-state index contributed by atoms with van der Waals surface area (Å²) in [6.45, 7) is -0.342. The lowest BCUT2D eigenvalue weighted by molar-refractivity contribution is -0.0184. The van der Waals surface area contributed by atoms with Gasteiger partial charge >= 0.3 is 0 Å². The Balaban J connectivity index is 2.11. The third-order valence-electron chi connectivity index (χ3n) is 2.52. The Morgan fingerprint density at radius 1 is 1.50 bits per heavy atom. The van der Waals surface area contributed by atoms with Gasteiger partial charge in [0.1, 0.15) is 18.3 Å². The normalized spacial score (nSPS) is 34.2. The van der Waals surface area contributed by atoms with Crippen LogP contribution < -0.4 is 4.67 Å². The van der Waals surface area contributed by atoms with Gasteiger partial charge in [0.25, 0.3) is 0 Å². The highest BCUT2D eigenvalue weighted by molar-refractivity contribution is 7.19. The van der Waals surface area contributed by atoms with E-state index in [1.165, 1.54) is 4.67 Å². The number of hydrogen-bond acceptors (Lipinski definition) is 6. The molecule has 7 nitrogen and oxygen atoms in total. The molecule has 2 rings (SSSR count). The SMILES string of the molecule is OC[C@H]1OC(N(P)c2ncc[nH]2)[C@H](O)[C@@H]1O. The van der Waals surface area contributed by atoms with Gasteiger partial charge < -0.3 is 25.0 Å². The Bertz CT molecular complexity index is 336. The number of aliphatic hydroxyl groups is 3. The first-order chi connectivity index (χ1) is 7.65. The summed E-state index contributed by atoms with van der Waals surface area (Å²) in [5.41, 5.74) is 0. The van der Waals surface area contributed by atoms with Crippen LogP contribution in [0.15, 0.2) is 12.4 Å². The van der Waals surface area contributed by atoms with Gasteiger partial charge in [0.15, 0.2) is 6.23 Å². The van der Waals surface area contributed by atoms with Crippen molar-refractivity contribution in [2.45, 2.75) is 24.5 Å². The van der Waals surface area contributed by atoms with Crippen molar-refractivity contribution < 1.29 is 20.1 Å². The highest BCUT2D eigenvalue weighted by Crippen LogP contribution is 2.28. The molecule has 16 heavy (non-hydrogen) atoms. The molecular weight excluding hydrogens is 233 g/mol. The van der Waals surface area contributed by atoms with E-state index >= 15 is 0 Å². The molecule has 1 aliphatic rings. The zero-order valence-electron chi connectivity index (χ0n) is 8.39. The van der Waals surface area contributed by atoms with Gasteiger partial charge in [-0.2, -0.15) is 0 Å². The van der Waals surface area contributed by atoms with E-state index in [2.05, 4.69) is 19.4 Å². The minimum atomic E-state index is -1.10. The Hall–Kier alpha value is -0.720. The van der Waals surface area contributed by atoms with Crippen LogP contribution in [0.1, 0.15) is 0 Å². The molecule has 8 heteroatoms. The first-order valence-corrected chi connectivity index (χ1v) is 5.32. The van der Waals surface area contributed by atoms with E-state index in [1.807, 2.05) is 0 Å². The standard InChI is InChI=1S/C8H14N3O4P/c12-3-4-5(13)6(14)7(15-4)11(16)8-9-1-2-10-8/h1-2,4-7,12-14H,3,16H2,(H,9,10)/t4-,5-,6-,7?/m1/s1. The van der Waals surface area contributed by atoms with Crippen LogP contribution in [-0.2, 0) is 4.74 Å². The van der Waals surface area contributed by atoms with Crippen molar-refractivity contribution >= 4 is 15.3 Å². The van der Waals surface area contributed by atoms with Crippen LogP contribution in [0.3, 0.4) is 0 Å². The maximum atomic E-state index is 9.75. The summed E-state index contributed by atoms with van der Waals surface area (Å²) in [7, 11) is 2.35. The largest absolute Gasteiger partial charge is 0.394 e. The predicted molar refractivity (Wildman–Crippen MR) is 58.5 cm³/mol. The third-order valence-corrected chi connectivity index (χ3v) is 3.06. The van der Waals surface area contributed by atoms with Crippen LogP contribution in [-0.4, -0.2) is 56.4 Å². The van der Waals surface area contributed by atoms with Gasteiger partial charge in [-0.3, -0.25) is 4.67 Å². The van der Waals surface area contributed by atoms with Crippen LogP contribution in [0, 0.1) is 0 Å². The number of imidazole rings is 1. The maximum Gasteiger partial charge on any atom is 0.207 e. The Morgan fingerprint density at radius 3 is 2.75 bits per heavy atom. The molecule has 1 aromatic heterocycles. The van der Waals surface area contributed by atoms with E-state index in [1.54, 1.807) is 12.4 Å². The highest BCUT2D eigenvalue weighted by Gasteiger charge is 2.44. The number of ether oxygens (including phenoxy) is 1. The number of aromatic amines is 1. The van der Waals surface area contributed by atoms with Crippen LogP contribution in [0.2, 0.25) is 0 Å². The lowest BCUT2D eigenvalue weighted by Gasteiger charge is -2.25. The third kappa shape index (κ3) is 1.92. The average molecular weight is 247 g/mol. The molecule has 90 valence electrons. The smallest absolute Gasteiger partial charge is 0.207 e. The topological polar surface area (TPSA) is 102 Å². The van der Waals surface area contributed by atoms with Crippen LogP contribution in [0.25, 0.3) is 0 Å². The number of nitrogens with one attached hydrogen (secondary N) is 1. The summed E-state index contributed by atoms with van der Waals surface area (Å²) in [6.07, 6.45) is -0.546. The highest BCUT2D eigenvalue weighted by atomic mass is 31.0. The van der Waals surface area contributed by atoms with E-state index in [-0.39, 0.29) is 6.61 Å².